The van der Waals surface area contributed by atoms with E-state index in [2.05, 4.69) is 10.2 Å². The van der Waals surface area contributed by atoms with Gasteiger partial charge in [0.15, 0.2) is 4.34 Å². The van der Waals surface area contributed by atoms with E-state index in [1.165, 1.54) is 11.8 Å². The second kappa shape index (κ2) is 4.80. The van der Waals surface area contributed by atoms with Gasteiger partial charge in [-0.3, -0.25) is 0 Å². The van der Waals surface area contributed by atoms with Crippen molar-refractivity contribution < 1.29 is 8.42 Å². The van der Waals surface area contributed by atoms with Crippen molar-refractivity contribution >= 4 is 32.9 Å². The fourth-order valence-corrected chi connectivity index (χ4v) is 4.57. The van der Waals surface area contributed by atoms with Gasteiger partial charge in [-0.1, -0.05) is 36.9 Å². The fourth-order valence-electron chi connectivity index (χ4n) is 0.763. The number of hydrogen-bond donors (Lipinski definition) is 0. The fraction of sp³-hybridized carbons (Fsp3) is 0.750. The number of thioether (sulfide) groups is 1. The number of nitrogens with zero attached hydrogens (tertiary/aromatic N) is 2. The van der Waals surface area contributed by atoms with Crippen LogP contribution in [-0.2, 0) is 9.84 Å². The van der Waals surface area contributed by atoms with E-state index in [0.717, 1.165) is 11.3 Å². The Hall–Kier alpha value is -0.140. The molecule has 0 aromatic carbocycles. The van der Waals surface area contributed by atoms with Crippen molar-refractivity contribution in [2.24, 2.45) is 0 Å². The molecule has 0 saturated heterocycles. The summed E-state index contributed by atoms with van der Waals surface area (Å²) in [4.78, 5) is 0. The van der Waals surface area contributed by atoms with Crippen LogP contribution in [0.25, 0.3) is 0 Å². The monoisotopic (exact) mass is 266 g/mol. The molecular formula is C8H14N2O2S3. The molecule has 0 unspecified atom stereocenters. The summed E-state index contributed by atoms with van der Waals surface area (Å²) in [7, 11) is -3.26. The lowest BCUT2D eigenvalue weighted by molar-refractivity contribution is 0.585. The van der Waals surface area contributed by atoms with E-state index < -0.39 is 15.1 Å². The molecule has 0 amide bonds. The van der Waals surface area contributed by atoms with Crippen LogP contribution in [0.4, 0.5) is 0 Å². The van der Waals surface area contributed by atoms with Gasteiger partial charge in [0.25, 0.3) is 0 Å². The molecule has 15 heavy (non-hydrogen) atoms. The number of aromatic nitrogens is 2. The zero-order valence-electron chi connectivity index (χ0n) is 9.09. The van der Waals surface area contributed by atoms with Crippen LogP contribution in [0.1, 0.15) is 27.7 Å². The quantitative estimate of drug-likeness (QED) is 0.782. The van der Waals surface area contributed by atoms with Crippen LogP contribution >= 0.6 is 23.1 Å². The highest BCUT2D eigenvalue weighted by Gasteiger charge is 2.24. The second-order valence-electron chi connectivity index (χ2n) is 3.59. The third-order valence-electron chi connectivity index (χ3n) is 1.59. The minimum absolute atomic E-state index is 0.126. The van der Waals surface area contributed by atoms with Gasteiger partial charge in [-0.05, 0) is 13.8 Å². The summed E-state index contributed by atoms with van der Waals surface area (Å²) in [5, 5.41) is 7.52. The molecule has 0 spiro atoms. The smallest absolute Gasteiger partial charge is 0.221 e. The number of hydrogen-bond acceptors (Lipinski definition) is 6. The van der Waals surface area contributed by atoms with Crippen LogP contribution < -0.4 is 0 Å². The highest BCUT2D eigenvalue weighted by Crippen LogP contribution is 2.29. The van der Waals surface area contributed by atoms with Crippen LogP contribution in [0.5, 0.6) is 0 Å². The molecule has 0 saturated carbocycles. The van der Waals surface area contributed by atoms with Gasteiger partial charge in [0, 0.05) is 5.25 Å². The normalized spacial score (nSPS) is 12.7. The Morgan fingerprint density at radius 1 is 1.20 bits per heavy atom. The summed E-state index contributed by atoms with van der Waals surface area (Å²) in [5.41, 5.74) is 0. The van der Waals surface area contributed by atoms with Crippen molar-refractivity contribution in [1.82, 2.24) is 10.2 Å². The molecule has 1 rings (SSSR count). The van der Waals surface area contributed by atoms with Gasteiger partial charge in [-0.2, -0.15) is 0 Å². The minimum atomic E-state index is -3.26. The first kappa shape index (κ1) is 12.9. The third-order valence-corrected chi connectivity index (χ3v) is 6.15. The molecule has 4 nitrogen and oxygen atoms in total. The first-order valence-electron chi connectivity index (χ1n) is 4.58. The predicted molar refractivity (Wildman–Crippen MR) is 63.2 cm³/mol. The Bertz CT molecular complexity index is 423. The zero-order valence-corrected chi connectivity index (χ0v) is 11.5. The van der Waals surface area contributed by atoms with E-state index >= 15 is 0 Å². The van der Waals surface area contributed by atoms with E-state index in [-0.39, 0.29) is 4.34 Å². The summed E-state index contributed by atoms with van der Waals surface area (Å²) in [5.74, 6) is 0. The molecule has 0 radical (unpaired) electrons. The molecule has 7 heteroatoms. The number of sulfone groups is 1. The van der Waals surface area contributed by atoms with Crippen molar-refractivity contribution in [2.45, 2.75) is 46.9 Å². The largest absolute Gasteiger partial charge is 0.233 e. The lowest BCUT2D eigenvalue weighted by atomic mass is 10.6. The topological polar surface area (TPSA) is 59.9 Å². The van der Waals surface area contributed by atoms with E-state index in [9.17, 15) is 8.42 Å². The summed E-state index contributed by atoms with van der Waals surface area (Å²) >= 11 is 2.68. The Morgan fingerprint density at radius 3 is 2.27 bits per heavy atom. The van der Waals surface area contributed by atoms with Crippen LogP contribution in [0.2, 0.25) is 0 Å². The number of rotatable bonds is 4. The summed E-state index contributed by atoms with van der Waals surface area (Å²) < 4.78 is 24.3. The van der Waals surface area contributed by atoms with Crippen molar-refractivity contribution in [3.05, 3.63) is 0 Å². The molecule has 0 bridgehead atoms. The average molecular weight is 266 g/mol. The molecule has 1 aromatic rings. The van der Waals surface area contributed by atoms with Crippen molar-refractivity contribution in [3.63, 3.8) is 0 Å². The van der Waals surface area contributed by atoms with Gasteiger partial charge in [0.2, 0.25) is 14.2 Å². The summed E-state index contributed by atoms with van der Waals surface area (Å²) in [6.45, 7) is 7.35. The second-order valence-corrected chi connectivity index (χ2v) is 9.07. The van der Waals surface area contributed by atoms with E-state index in [0.29, 0.717) is 9.59 Å². The summed E-state index contributed by atoms with van der Waals surface area (Å²) in [6, 6.07) is 0. The van der Waals surface area contributed by atoms with Crippen LogP contribution in [0, 0.1) is 0 Å². The lowest BCUT2D eigenvalue weighted by Crippen LogP contribution is -2.13. The van der Waals surface area contributed by atoms with Crippen molar-refractivity contribution in [3.8, 4) is 0 Å². The molecular weight excluding hydrogens is 252 g/mol. The Morgan fingerprint density at radius 2 is 1.80 bits per heavy atom. The van der Waals surface area contributed by atoms with E-state index in [4.69, 9.17) is 0 Å². The van der Waals surface area contributed by atoms with Gasteiger partial charge < -0.3 is 0 Å². The standard InChI is InChI=1S/C8H14N2O2S3/c1-5(2)13-7-9-10-8(14-7)15(11,12)6(3)4/h5-6H,1-4H3. The van der Waals surface area contributed by atoms with E-state index in [1.54, 1.807) is 13.8 Å². The first-order chi connectivity index (χ1) is 6.84. The van der Waals surface area contributed by atoms with Gasteiger partial charge in [-0.15, -0.1) is 10.2 Å². The third kappa shape index (κ3) is 3.15. The Balaban J connectivity index is 2.94. The Labute approximate surface area is 98.4 Å². The maximum absolute atomic E-state index is 11.7. The molecule has 0 N–H and O–H groups in total. The minimum Gasteiger partial charge on any atom is -0.221 e. The van der Waals surface area contributed by atoms with Gasteiger partial charge >= 0.3 is 0 Å². The molecule has 1 heterocycles. The first-order valence-corrected chi connectivity index (χ1v) is 7.82. The maximum Gasteiger partial charge on any atom is 0.233 e. The van der Waals surface area contributed by atoms with Crippen LogP contribution in [0.3, 0.4) is 0 Å². The molecule has 0 aliphatic rings. The average Bonchev–Trinajstić information content (AvgIpc) is 2.51. The van der Waals surface area contributed by atoms with Crippen molar-refractivity contribution in [1.29, 1.82) is 0 Å². The van der Waals surface area contributed by atoms with Gasteiger partial charge in [-0.25, -0.2) is 8.42 Å². The molecule has 0 atom stereocenters. The van der Waals surface area contributed by atoms with Gasteiger partial charge in [0.05, 0.1) is 5.25 Å². The molecule has 86 valence electrons. The molecule has 0 aliphatic heterocycles. The SMILES string of the molecule is CC(C)Sc1nnc(S(=O)(=O)C(C)C)s1. The lowest BCUT2D eigenvalue weighted by Gasteiger charge is -2.01. The predicted octanol–water partition coefficient (Wildman–Crippen LogP) is 2.22. The summed E-state index contributed by atoms with van der Waals surface area (Å²) in [6.07, 6.45) is 0. The maximum atomic E-state index is 11.7. The highest BCUT2D eigenvalue weighted by molar-refractivity contribution is 8.02. The van der Waals surface area contributed by atoms with E-state index in [1.807, 2.05) is 13.8 Å². The Kier molecular flexibility index (Phi) is 4.13. The van der Waals surface area contributed by atoms with Crippen molar-refractivity contribution in [2.75, 3.05) is 0 Å². The molecule has 1 aromatic heterocycles. The van der Waals surface area contributed by atoms with Crippen LogP contribution in [-0.4, -0.2) is 29.1 Å². The highest BCUT2D eigenvalue weighted by atomic mass is 32.2. The van der Waals surface area contributed by atoms with Gasteiger partial charge in [0.1, 0.15) is 0 Å². The van der Waals surface area contributed by atoms with Crippen LogP contribution in [0.15, 0.2) is 8.68 Å². The molecule has 0 fully saturated rings. The molecule has 0 aliphatic carbocycles. The zero-order chi connectivity index (χ0) is 11.6.